The second-order valence-corrected chi connectivity index (χ2v) is 5.68. The molecule has 0 fully saturated rings. The molecule has 0 bridgehead atoms. The first-order valence-electron chi connectivity index (χ1n) is 6.81. The molecule has 3 aromatic rings. The summed E-state index contributed by atoms with van der Waals surface area (Å²) in [7, 11) is 0. The molecule has 0 aliphatic carbocycles. The van der Waals surface area contributed by atoms with Crippen LogP contribution >= 0.6 is 11.3 Å². The average Bonchev–Trinajstić information content (AvgIpc) is 3.04. The van der Waals surface area contributed by atoms with Crippen LogP contribution < -0.4 is 4.74 Å². The van der Waals surface area contributed by atoms with E-state index in [4.69, 9.17) is 9.84 Å². The molecule has 0 unspecified atom stereocenters. The van der Waals surface area contributed by atoms with Gasteiger partial charge in [0.05, 0.1) is 5.56 Å². The van der Waals surface area contributed by atoms with Gasteiger partial charge in [0.25, 0.3) is 0 Å². The first kappa shape index (κ1) is 14.4. The number of rotatable bonds is 5. The van der Waals surface area contributed by atoms with Gasteiger partial charge in [-0.15, -0.1) is 11.3 Å². The maximum atomic E-state index is 10.8. The molecule has 0 atom stereocenters. The maximum Gasteiger partial charge on any atom is 0.336 e. The molecule has 0 amide bonds. The van der Waals surface area contributed by atoms with Gasteiger partial charge in [0.15, 0.2) is 5.06 Å². The molecule has 0 aliphatic heterocycles. The van der Waals surface area contributed by atoms with Crippen molar-refractivity contribution in [2.45, 2.75) is 6.61 Å². The van der Waals surface area contributed by atoms with Crippen molar-refractivity contribution in [2.24, 2.45) is 0 Å². The Hall–Kier alpha value is -2.59. The highest BCUT2D eigenvalue weighted by Crippen LogP contribution is 2.25. The Balaban J connectivity index is 1.65. The smallest absolute Gasteiger partial charge is 0.336 e. The number of carbonyl (C=O) groups is 1. The van der Waals surface area contributed by atoms with Crippen LogP contribution in [0.5, 0.6) is 5.06 Å². The minimum absolute atomic E-state index is 0.263. The molecule has 0 saturated heterocycles. The first-order valence-corrected chi connectivity index (χ1v) is 7.69. The Kier molecular flexibility index (Phi) is 4.21. The molecular weight excluding hydrogens is 296 g/mol. The van der Waals surface area contributed by atoms with Crippen molar-refractivity contribution in [3.8, 4) is 16.2 Å². The number of thiophene rings is 1. The minimum Gasteiger partial charge on any atom is -0.479 e. The van der Waals surface area contributed by atoms with Crippen molar-refractivity contribution >= 4 is 17.3 Å². The molecule has 1 aromatic heterocycles. The fourth-order valence-electron chi connectivity index (χ4n) is 2.08. The topological polar surface area (TPSA) is 46.5 Å². The molecule has 4 heteroatoms. The lowest BCUT2D eigenvalue weighted by atomic mass is 10.0. The van der Waals surface area contributed by atoms with E-state index in [1.165, 1.54) is 16.9 Å². The maximum absolute atomic E-state index is 10.8. The van der Waals surface area contributed by atoms with Gasteiger partial charge in [0.2, 0.25) is 0 Å². The lowest BCUT2D eigenvalue weighted by molar-refractivity contribution is 0.0697. The fraction of sp³-hybridized carbons (Fsp3) is 0.0556. The van der Waals surface area contributed by atoms with E-state index in [9.17, 15) is 4.79 Å². The molecule has 0 spiro atoms. The van der Waals surface area contributed by atoms with Gasteiger partial charge in [-0.05, 0) is 16.7 Å². The van der Waals surface area contributed by atoms with Crippen molar-refractivity contribution in [1.82, 2.24) is 0 Å². The third kappa shape index (κ3) is 3.35. The van der Waals surface area contributed by atoms with E-state index in [0.29, 0.717) is 11.7 Å². The van der Waals surface area contributed by atoms with Gasteiger partial charge in [-0.1, -0.05) is 54.6 Å². The second kappa shape index (κ2) is 6.45. The summed E-state index contributed by atoms with van der Waals surface area (Å²) in [5.41, 5.74) is 3.65. The summed E-state index contributed by atoms with van der Waals surface area (Å²) in [6.07, 6.45) is 0. The number of hydrogen-bond donors (Lipinski definition) is 1. The predicted octanol–water partition coefficient (Wildman–Crippen LogP) is 4.69. The van der Waals surface area contributed by atoms with Crippen LogP contribution in [0.25, 0.3) is 11.1 Å². The van der Waals surface area contributed by atoms with Gasteiger partial charge in [0.1, 0.15) is 6.61 Å². The van der Waals surface area contributed by atoms with Crippen LogP contribution in [0.2, 0.25) is 0 Å². The number of benzene rings is 2. The lowest BCUT2D eigenvalue weighted by Gasteiger charge is -2.05. The zero-order valence-corrected chi connectivity index (χ0v) is 12.5. The number of carboxylic acid groups (broad SMARTS) is 1. The van der Waals surface area contributed by atoms with E-state index < -0.39 is 5.97 Å². The van der Waals surface area contributed by atoms with E-state index in [1.807, 2.05) is 30.3 Å². The number of ether oxygens (including phenoxy) is 1. The Labute approximate surface area is 132 Å². The SMILES string of the molecule is O=C(O)c1csc(OCc2ccc(-c3ccccc3)cc2)c1. The monoisotopic (exact) mass is 310 g/mol. The highest BCUT2D eigenvalue weighted by atomic mass is 32.1. The van der Waals surface area contributed by atoms with Crippen LogP contribution in [-0.4, -0.2) is 11.1 Å². The van der Waals surface area contributed by atoms with Gasteiger partial charge >= 0.3 is 5.97 Å². The summed E-state index contributed by atoms with van der Waals surface area (Å²) >= 11 is 1.29. The molecule has 1 N–H and O–H groups in total. The molecule has 0 radical (unpaired) electrons. The molecule has 0 aliphatic rings. The van der Waals surface area contributed by atoms with Crippen molar-refractivity contribution in [2.75, 3.05) is 0 Å². The predicted molar refractivity (Wildman–Crippen MR) is 87.5 cm³/mol. The van der Waals surface area contributed by atoms with Crippen LogP contribution in [0.4, 0.5) is 0 Å². The zero-order valence-electron chi connectivity index (χ0n) is 11.7. The average molecular weight is 310 g/mol. The summed E-state index contributed by atoms with van der Waals surface area (Å²) in [6, 6.07) is 19.9. The third-order valence-corrected chi connectivity index (χ3v) is 4.10. The molecular formula is C18H14O3S. The summed E-state index contributed by atoms with van der Waals surface area (Å²) in [5.74, 6) is -0.932. The van der Waals surface area contributed by atoms with Crippen molar-refractivity contribution in [1.29, 1.82) is 0 Å². The van der Waals surface area contributed by atoms with Crippen LogP contribution in [0.15, 0.2) is 66.0 Å². The standard InChI is InChI=1S/C18H14O3S/c19-18(20)16-10-17(22-12-16)21-11-13-6-8-15(9-7-13)14-4-2-1-3-5-14/h1-10,12H,11H2,(H,19,20). The van der Waals surface area contributed by atoms with Crippen molar-refractivity contribution in [3.63, 3.8) is 0 Å². The van der Waals surface area contributed by atoms with Crippen molar-refractivity contribution < 1.29 is 14.6 Å². The molecule has 1 heterocycles. The Morgan fingerprint density at radius 2 is 1.68 bits per heavy atom. The highest BCUT2D eigenvalue weighted by Gasteiger charge is 2.07. The van der Waals surface area contributed by atoms with Gasteiger partial charge in [-0.25, -0.2) is 4.79 Å². The van der Waals surface area contributed by atoms with Gasteiger partial charge in [0, 0.05) is 11.4 Å². The van der Waals surface area contributed by atoms with E-state index in [2.05, 4.69) is 24.3 Å². The molecule has 2 aromatic carbocycles. The van der Waals surface area contributed by atoms with E-state index in [1.54, 1.807) is 11.4 Å². The number of carboxylic acids is 1. The van der Waals surface area contributed by atoms with Crippen LogP contribution in [0.1, 0.15) is 15.9 Å². The molecule has 0 saturated carbocycles. The number of hydrogen-bond acceptors (Lipinski definition) is 3. The van der Waals surface area contributed by atoms with Gasteiger partial charge < -0.3 is 9.84 Å². The highest BCUT2D eigenvalue weighted by molar-refractivity contribution is 7.12. The van der Waals surface area contributed by atoms with Gasteiger partial charge in [-0.2, -0.15) is 0 Å². The summed E-state index contributed by atoms with van der Waals surface area (Å²) in [6.45, 7) is 0.425. The quantitative estimate of drug-likeness (QED) is 0.743. The van der Waals surface area contributed by atoms with Crippen LogP contribution in [-0.2, 0) is 6.61 Å². The number of aromatic carboxylic acids is 1. The third-order valence-electron chi connectivity index (χ3n) is 3.26. The molecule has 3 nitrogen and oxygen atoms in total. The minimum atomic E-state index is -0.932. The Bertz CT molecular complexity index is 761. The molecule has 3 rings (SSSR count). The lowest BCUT2D eigenvalue weighted by Crippen LogP contribution is -1.95. The Morgan fingerprint density at radius 3 is 2.32 bits per heavy atom. The second-order valence-electron chi connectivity index (χ2n) is 4.81. The fourth-order valence-corrected chi connectivity index (χ4v) is 2.82. The molecule has 22 heavy (non-hydrogen) atoms. The Morgan fingerprint density at radius 1 is 1.00 bits per heavy atom. The van der Waals surface area contributed by atoms with Crippen LogP contribution in [0, 0.1) is 0 Å². The van der Waals surface area contributed by atoms with Crippen LogP contribution in [0.3, 0.4) is 0 Å². The van der Waals surface area contributed by atoms with Gasteiger partial charge in [-0.3, -0.25) is 0 Å². The van der Waals surface area contributed by atoms with Crippen molar-refractivity contribution in [3.05, 3.63) is 77.2 Å². The zero-order chi connectivity index (χ0) is 15.4. The first-order chi connectivity index (χ1) is 10.7. The van der Waals surface area contributed by atoms with E-state index in [-0.39, 0.29) is 5.56 Å². The normalized spacial score (nSPS) is 10.4. The summed E-state index contributed by atoms with van der Waals surface area (Å²) in [4.78, 5) is 10.8. The molecule has 110 valence electrons. The largest absolute Gasteiger partial charge is 0.479 e. The summed E-state index contributed by atoms with van der Waals surface area (Å²) in [5, 5.41) is 11.1. The summed E-state index contributed by atoms with van der Waals surface area (Å²) < 4.78 is 5.62. The van der Waals surface area contributed by atoms with E-state index >= 15 is 0 Å². The van der Waals surface area contributed by atoms with E-state index in [0.717, 1.165) is 11.1 Å².